The predicted octanol–water partition coefficient (Wildman–Crippen LogP) is 4.31. The highest BCUT2D eigenvalue weighted by Gasteiger charge is 2.11. The van der Waals surface area contributed by atoms with E-state index in [1.807, 2.05) is 23.7 Å². The molecule has 0 saturated carbocycles. The van der Waals surface area contributed by atoms with Gasteiger partial charge in [-0.3, -0.25) is 4.98 Å². The highest BCUT2D eigenvalue weighted by atomic mass is 32.1. The lowest BCUT2D eigenvalue weighted by atomic mass is 10.1. The molecule has 86 valence electrons. The molecule has 0 radical (unpaired) electrons. The number of aromatic nitrogens is 2. The van der Waals surface area contributed by atoms with Gasteiger partial charge in [-0.05, 0) is 19.1 Å². The largest absolute Gasteiger partial charge is 0.262 e. The fraction of sp³-hybridized carbons (Fsp3) is 0.0667. The van der Waals surface area contributed by atoms with Gasteiger partial charge in [0.2, 0.25) is 0 Å². The standard InChI is InChI=1S/C15H10N2S/c1-9-15-14(10-6-7-16-8-12(10)17-9)11-4-2-3-5-13(11)18-15/h2-8H,1H3. The van der Waals surface area contributed by atoms with Gasteiger partial charge < -0.3 is 0 Å². The first-order valence-corrected chi connectivity index (χ1v) is 6.68. The summed E-state index contributed by atoms with van der Waals surface area (Å²) in [6, 6.07) is 10.6. The van der Waals surface area contributed by atoms with Crippen LogP contribution in [0, 0.1) is 6.92 Å². The van der Waals surface area contributed by atoms with Crippen LogP contribution in [0.3, 0.4) is 0 Å². The third-order valence-corrected chi connectivity index (χ3v) is 4.56. The normalized spacial score (nSPS) is 11.6. The number of pyridine rings is 2. The van der Waals surface area contributed by atoms with Gasteiger partial charge in [0.15, 0.2) is 0 Å². The van der Waals surface area contributed by atoms with Crippen LogP contribution in [0.15, 0.2) is 42.7 Å². The molecule has 3 heteroatoms. The number of aryl methyl sites for hydroxylation is 1. The maximum Gasteiger partial charge on any atom is 0.0895 e. The van der Waals surface area contributed by atoms with Gasteiger partial charge in [0.05, 0.1) is 22.1 Å². The van der Waals surface area contributed by atoms with Crippen molar-refractivity contribution in [2.45, 2.75) is 6.92 Å². The van der Waals surface area contributed by atoms with Gasteiger partial charge in [-0.1, -0.05) is 18.2 Å². The average Bonchev–Trinajstić information content (AvgIpc) is 2.79. The summed E-state index contributed by atoms with van der Waals surface area (Å²) in [6.45, 7) is 2.07. The zero-order valence-electron chi connectivity index (χ0n) is 9.84. The van der Waals surface area contributed by atoms with Crippen molar-refractivity contribution in [2.75, 3.05) is 0 Å². The van der Waals surface area contributed by atoms with Crippen LogP contribution >= 0.6 is 11.3 Å². The van der Waals surface area contributed by atoms with Crippen LogP contribution in [0.25, 0.3) is 31.1 Å². The highest BCUT2D eigenvalue weighted by molar-refractivity contribution is 7.26. The smallest absolute Gasteiger partial charge is 0.0895 e. The van der Waals surface area contributed by atoms with Crippen molar-refractivity contribution in [1.82, 2.24) is 9.97 Å². The SMILES string of the molecule is Cc1nc2cnccc2c2c1sc1ccccc12. The van der Waals surface area contributed by atoms with Gasteiger partial charge in [-0.15, -0.1) is 11.3 Å². The Labute approximate surface area is 108 Å². The van der Waals surface area contributed by atoms with Gasteiger partial charge in [-0.25, -0.2) is 4.98 Å². The van der Waals surface area contributed by atoms with Gasteiger partial charge in [0, 0.05) is 27.1 Å². The van der Waals surface area contributed by atoms with Crippen LogP contribution in [0.2, 0.25) is 0 Å². The van der Waals surface area contributed by atoms with E-state index in [-0.39, 0.29) is 0 Å². The van der Waals surface area contributed by atoms with Gasteiger partial charge in [0.1, 0.15) is 0 Å². The minimum absolute atomic E-state index is 0.978. The first-order chi connectivity index (χ1) is 8.84. The van der Waals surface area contributed by atoms with Crippen molar-refractivity contribution in [1.29, 1.82) is 0 Å². The minimum Gasteiger partial charge on any atom is -0.262 e. The zero-order valence-corrected chi connectivity index (χ0v) is 10.7. The van der Waals surface area contributed by atoms with E-state index in [1.54, 1.807) is 0 Å². The molecule has 0 unspecified atom stereocenters. The van der Waals surface area contributed by atoms with Crippen LogP contribution in [-0.4, -0.2) is 9.97 Å². The molecule has 0 aliphatic rings. The lowest BCUT2D eigenvalue weighted by Gasteiger charge is -2.01. The number of fused-ring (bicyclic) bond motifs is 5. The third-order valence-electron chi connectivity index (χ3n) is 3.28. The Bertz CT molecular complexity index is 893. The van der Waals surface area contributed by atoms with Gasteiger partial charge in [0.25, 0.3) is 0 Å². The van der Waals surface area contributed by atoms with E-state index >= 15 is 0 Å². The molecule has 0 bridgehead atoms. The molecule has 3 heterocycles. The number of hydrogen-bond donors (Lipinski definition) is 0. The minimum atomic E-state index is 0.978. The van der Waals surface area contributed by atoms with Crippen molar-refractivity contribution in [3.05, 3.63) is 48.4 Å². The van der Waals surface area contributed by atoms with Crippen LogP contribution in [0.5, 0.6) is 0 Å². The zero-order chi connectivity index (χ0) is 12.1. The van der Waals surface area contributed by atoms with E-state index in [9.17, 15) is 0 Å². The third kappa shape index (κ3) is 1.22. The Morgan fingerprint density at radius 1 is 1.06 bits per heavy atom. The summed E-state index contributed by atoms with van der Waals surface area (Å²) in [6.07, 6.45) is 3.68. The van der Waals surface area contributed by atoms with E-state index in [1.165, 1.54) is 25.6 Å². The topological polar surface area (TPSA) is 25.8 Å². The molecule has 3 aromatic heterocycles. The van der Waals surface area contributed by atoms with E-state index in [4.69, 9.17) is 0 Å². The fourth-order valence-electron chi connectivity index (χ4n) is 2.49. The highest BCUT2D eigenvalue weighted by Crippen LogP contribution is 2.38. The lowest BCUT2D eigenvalue weighted by Crippen LogP contribution is -1.85. The summed E-state index contributed by atoms with van der Waals surface area (Å²) in [7, 11) is 0. The summed E-state index contributed by atoms with van der Waals surface area (Å²) in [5, 5.41) is 3.84. The molecule has 0 N–H and O–H groups in total. The van der Waals surface area contributed by atoms with Crippen molar-refractivity contribution in [3.8, 4) is 0 Å². The number of hydrogen-bond acceptors (Lipinski definition) is 3. The summed E-state index contributed by atoms with van der Waals surface area (Å²) >= 11 is 1.82. The number of rotatable bonds is 0. The molecule has 2 nitrogen and oxygen atoms in total. The molecular weight excluding hydrogens is 240 g/mol. The van der Waals surface area contributed by atoms with E-state index < -0.39 is 0 Å². The number of thiophene rings is 1. The van der Waals surface area contributed by atoms with E-state index in [2.05, 4.69) is 47.2 Å². The van der Waals surface area contributed by atoms with E-state index in [0.717, 1.165) is 11.2 Å². The Kier molecular flexibility index (Phi) is 1.94. The number of benzene rings is 1. The summed E-state index contributed by atoms with van der Waals surface area (Å²) in [5.41, 5.74) is 2.07. The van der Waals surface area contributed by atoms with Crippen molar-refractivity contribution in [2.24, 2.45) is 0 Å². The molecule has 1 aromatic carbocycles. The Morgan fingerprint density at radius 3 is 2.89 bits per heavy atom. The molecule has 4 rings (SSSR count). The fourth-order valence-corrected chi connectivity index (χ4v) is 3.65. The first kappa shape index (κ1) is 9.97. The van der Waals surface area contributed by atoms with Crippen molar-refractivity contribution in [3.63, 3.8) is 0 Å². The van der Waals surface area contributed by atoms with Crippen LogP contribution in [0.4, 0.5) is 0 Å². The van der Waals surface area contributed by atoms with Gasteiger partial charge >= 0.3 is 0 Å². The Morgan fingerprint density at radius 2 is 1.94 bits per heavy atom. The maximum absolute atomic E-state index is 4.65. The van der Waals surface area contributed by atoms with E-state index in [0.29, 0.717) is 0 Å². The molecule has 4 aromatic rings. The van der Waals surface area contributed by atoms with Crippen molar-refractivity contribution >= 4 is 42.4 Å². The Hall–Kier alpha value is -2.00. The quantitative estimate of drug-likeness (QED) is 0.465. The maximum atomic E-state index is 4.65. The van der Waals surface area contributed by atoms with Crippen LogP contribution < -0.4 is 0 Å². The molecule has 0 aliphatic carbocycles. The van der Waals surface area contributed by atoms with Crippen LogP contribution in [-0.2, 0) is 0 Å². The predicted molar refractivity (Wildman–Crippen MR) is 77.2 cm³/mol. The second-order valence-corrected chi connectivity index (χ2v) is 5.44. The summed E-state index contributed by atoms with van der Waals surface area (Å²) in [5.74, 6) is 0. The second kappa shape index (κ2) is 3.50. The average molecular weight is 250 g/mol. The molecular formula is C15H10N2S. The molecule has 0 aliphatic heterocycles. The van der Waals surface area contributed by atoms with Crippen molar-refractivity contribution < 1.29 is 0 Å². The first-order valence-electron chi connectivity index (χ1n) is 5.86. The summed E-state index contributed by atoms with van der Waals surface area (Å²) in [4.78, 5) is 8.81. The lowest BCUT2D eigenvalue weighted by molar-refractivity contribution is 1.26. The van der Waals surface area contributed by atoms with Gasteiger partial charge in [-0.2, -0.15) is 0 Å². The molecule has 0 spiro atoms. The molecule has 0 fully saturated rings. The molecule has 18 heavy (non-hydrogen) atoms. The van der Waals surface area contributed by atoms with Crippen LogP contribution in [0.1, 0.15) is 5.69 Å². The molecule has 0 saturated heterocycles. The number of nitrogens with zero attached hydrogens (tertiary/aromatic N) is 2. The Balaban J connectivity index is 2.41. The monoisotopic (exact) mass is 250 g/mol. The molecule has 0 amide bonds. The second-order valence-electron chi connectivity index (χ2n) is 4.39. The molecule has 0 atom stereocenters. The summed E-state index contributed by atoms with van der Waals surface area (Å²) < 4.78 is 2.61.